The second kappa shape index (κ2) is 5.15. The van der Waals surface area contributed by atoms with Crippen LogP contribution in [0, 0.1) is 0 Å². The average molecular weight is 303 g/mol. The van der Waals surface area contributed by atoms with Crippen LogP contribution in [0.1, 0.15) is 30.1 Å². The lowest BCUT2D eigenvalue weighted by Gasteiger charge is -2.49. The summed E-state index contributed by atoms with van der Waals surface area (Å²) >= 11 is 1.55. The SMILES string of the molecule is CCC1(C(=O)OC)CCN1C(=O)c1csc2ccccc12. The number of fused-ring (bicyclic) bond motifs is 1. The Morgan fingerprint density at radius 2 is 2.14 bits per heavy atom. The third-order valence-electron chi connectivity index (χ3n) is 4.37. The van der Waals surface area contributed by atoms with Crippen LogP contribution in [0.5, 0.6) is 0 Å². The molecule has 0 saturated carbocycles. The van der Waals surface area contributed by atoms with E-state index in [2.05, 4.69) is 0 Å². The van der Waals surface area contributed by atoms with E-state index in [9.17, 15) is 9.59 Å². The zero-order valence-electron chi connectivity index (χ0n) is 12.1. The number of esters is 1. The van der Waals surface area contributed by atoms with Crippen LogP contribution >= 0.6 is 11.3 Å². The van der Waals surface area contributed by atoms with Gasteiger partial charge in [0.1, 0.15) is 5.54 Å². The molecule has 2 heterocycles. The molecule has 0 aliphatic carbocycles. The number of nitrogens with zero attached hydrogens (tertiary/aromatic N) is 1. The van der Waals surface area contributed by atoms with Crippen LogP contribution in [0.4, 0.5) is 0 Å². The van der Waals surface area contributed by atoms with Crippen molar-refractivity contribution in [1.82, 2.24) is 4.90 Å². The van der Waals surface area contributed by atoms with Crippen molar-refractivity contribution >= 4 is 33.3 Å². The highest BCUT2D eigenvalue weighted by molar-refractivity contribution is 7.17. The molecule has 1 aliphatic heterocycles. The molecule has 1 aliphatic rings. The van der Waals surface area contributed by atoms with Gasteiger partial charge in [0, 0.05) is 22.0 Å². The number of ether oxygens (including phenoxy) is 1. The van der Waals surface area contributed by atoms with E-state index >= 15 is 0 Å². The molecule has 3 rings (SSSR count). The van der Waals surface area contributed by atoms with Gasteiger partial charge in [-0.05, 0) is 18.9 Å². The number of carbonyl (C=O) groups excluding carboxylic acids is 2. The Morgan fingerprint density at radius 3 is 2.76 bits per heavy atom. The Hall–Kier alpha value is -1.88. The first-order valence-corrected chi connectivity index (χ1v) is 7.88. The first-order chi connectivity index (χ1) is 10.1. The smallest absolute Gasteiger partial charge is 0.331 e. The molecule has 0 radical (unpaired) electrons. The number of rotatable bonds is 3. The molecule has 110 valence electrons. The molecule has 1 aromatic carbocycles. The van der Waals surface area contributed by atoms with E-state index in [1.165, 1.54) is 7.11 Å². The van der Waals surface area contributed by atoms with Crippen molar-refractivity contribution < 1.29 is 14.3 Å². The minimum atomic E-state index is -0.783. The van der Waals surface area contributed by atoms with Crippen LogP contribution in [0.2, 0.25) is 0 Å². The highest BCUT2D eigenvalue weighted by Gasteiger charge is 2.53. The van der Waals surface area contributed by atoms with Gasteiger partial charge in [-0.25, -0.2) is 4.79 Å². The Balaban J connectivity index is 1.97. The van der Waals surface area contributed by atoms with Crippen LogP contribution in [0.15, 0.2) is 29.6 Å². The monoisotopic (exact) mass is 303 g/mol. The van der Waals surface area contributed by atoms with E-state index in [0.29, 0.717) is 24.9 Å². The zero-order chi connectivity index (χ0) is 15.0. The van der Waals surface area contributed by atoms with Gasteiger partial charge in [0.2, 0.25) is 0 Å². The standard InChI is InChI=1S/C16H17NO3S/c1-3-16(15(19)20-2)8-9-17(16)14(18)12-10-21-13-7-5-4-6-11(12)13/h4-7,10H,3,8-9H2,1-2H3. The summed E-state index contributed by atoms with van der Waals surface area (Å²) in [5, 5.41) is 2.83. The summed E-state index contributed by atoms with van der Waals surface area (Å²) in [7, 11) is 1.38. The largest absolute Gasteiger partial charge is 0.467 e. The normalized spacial score (nSPS) is 21.1. The minimum Gasteiger partial charge on any atom is -0.467 e. The maximum atomic E-state index is 12.8. The van der Waals surface area contributed by atoms with Gasteiger partial charge in [-0.2, -0.15) is 0 Å². The number of hydrogen-bond donors (Lipinski definition) is 0. The summed E-state index contributed by atoms with van der Waals surface area (Å²) in [6, 6.07) is 7.84. The topological polar surface area (TPSA) is 46.6 Å². The lowest BCUT2D eigenvalue weighted by Crippen LogP contribution is -2.66. The lowest BCUT2D eigenvalue weighted by molar-refractivity contribution is -0.161. The van der Waals surface area contributed by atoms with Crippen LogP contribution in [-0.4, -0.2) is 36.0 Å². The fraction of sp³-hybridized carbons (Fsp3) is 0.375. The quantitative estimate of drug-likeness (QED) is 0.819. The molecule has 0 N–H and O–H groups in total. The van der Waals surface area contributed by atoms with Crippen molar-refractivity contribution in [2.45, 2.75) is 25.3 Å². The van der Waals surface area contributed by atoms with Crippen molar-refractivity contribution in [1.29, 1.82) is 0 Å². The van der Waals surface area contributed by atoms with Crippen molar-refractivity contribution in [2.24, 2.45) is 0 Å². The highest BCUT2D eigenvalue weighted by atomic mass is 32.1. The highest BCUT2D eigenvalue weighted by Crippen LogP contribution is 2.38. The van der Waals surface area contributed by atoms with E-state index < -0.39 is 5.54 Å². The molecule has 1 unspecified atom stereocenters. The summed E-state index contributed by atoms with van der Waals surface area (Å²) in [5.74, 6) is -0.393. The molecule has 21 heavy (non-hydrogen) atoms. The predicted molar refractivity (Wildman–Crippen MR) is 82.5 cm³/mol. The van der Waals surface area contributed by atoms with Crippen LogP contribution in [0.25, 0.3) is 10.1 Å². The third kappa shape index (κ3) is 1.95. The number of benzene rings is 1. The van der Waals surface area contributed by atoms with Crippen molar-refractivity contribution in [3.63, 3.8) is 0 Å². The van der Waals surface area contributed by atoms with Crippen LogP contribution < -0.4 is 0 Å². The van der Waals surface area contributed by atoms with E-state index in [0.717, 1.165) is 10.1 Å². The Morgan fingerprint density at radius 1 is 1.38 bits per heavy atom. The van der Waals surface area contributed by atoms with Gasteiger partial charge < -0.3 is 9.64 Å². The fourth-order valence-electron chi connectivity index (χ4n) is 2.99. The molecule has 4 nitrogen and oxygen atoms in total. The number of thiophene rings is 1. The number of carbonyl (C=O) groups is 2. The zero-order valence-corrected chi connectivity index (χ0v) is 12.9. The van der Waals surface area contributed by atoms with E-state index in [4.69, 9.17) is 4.74 Å². The lowest BCUT2D eigenvalue weighted by atomic mass is 9.81. The van der Waals surface area contributed by atoms with Gasteiger partial charge in [-0.1, -0.05) is 25.1 Å². The van der Waals surface area contributed by atoms with E-state index in [-0.39, 0.29) is 11.9 Å². The Kier molecular flexibility index (Phi) is 3.45. The third-order valence-corrected chi connectivity index (χ3v) is 5.34. The molecular formula is C16H17NO3S. The van der Waals surface area contributed by atoms with E-state index in [1.807, 2.05) is 36.6 Å². The predicted octanol–water partition coefficient (Wildman–Crippen LogP) is 3.07. The molecule has 0 bridgehead atoms. The molecular weight excluding hydrogens is 286 g/mol. The summed E-state index contributed by atoms with van der Waals surface area (Å²) in [6.07, 6.45) is 1.25. The van der Waals surface area contributed by atoms with E-state index in [1.54, 1.807) is 16.2 Å². The molecule has 1 saturated heterocycles. The summed E-state index contributed by atoms with van der Waals surface area (Å²) < 4.78 is 5.99. The molecule has 1 atom stereocenters. The number of amides is 1. The van der Waals surface area contributed by atoms with Gasteiger partial charge in [-0.15, -0.1) is 11.3 Å². The maximum absolute atomic E-state index is 12.8. The van der Waals surface area contributed by atoms with Crippen LogP contribution in [-0.2, 0) is 9.53 Å². The second-order valence-electron chi connectivity index (χ2n) is 5.23. The van der Waals surface area contributed by atoms with Gasteiger partial charge in [-0.3, -0.25) is 4.79 Å². The molecule has 1 aromatic heterocycles. The number of hydrogen-bond acceptors (Lipinski definition) is 4. The first-order valence-electron chi connectivity index (χ1n) is 7.00. The fourth-order valence-corrected chi connectivity index (χ4v) is 3.93. The summed E-state index contributed by atoms with van der Waals surface area (Å²) in [6.45, 7) is 2.52. The Bertz CT molecular complexity index is 704. The van der Waals surface area contributed by atoms with Crippen molar-refractivity contribution in [3.05, 3.63) is 35.2 Å². The molecule has 5 heteroatoms. The number of methoxy groups -OCH3 is 1. The summed E-state index contributed by atoms with van der Waals surface area (Å²) in [4.78, 5) is 26.6. The molecule has 2 aromatic rings. The minimum absolute atomic E-state index is 0.0778. The number of likely N-dealkylation sites (tertiary alicyclic amines) is 1. The molecule has 1 amide bonds. The summed E-state index contributed by atoms with van der Waals surface area (Å²) in [5.41, 5.74) is -0.105. The van der Waals surface area contributed by atoms with Gasteiger partial charge in [0.15, 0.2) is 0 Å². The maximum Gasteiger partial charge on any atom is 0.331 e. The second-order valence-corrected chi connectivity index (χ2v) is 6.14. The van der Waals surface area contributed by atoms with Crippen molar-refractivity contribution in [2.75, 3.05) is 13.7 Å². The van der Waals surface area contributed by atoms with Crippen LogP contribution in [0.3, 0.4) is 0 Å². The first kappa shape index (κ1) is 14.1. The van der Waals surface area contributed by atoms with Crippen molar-refractivity contribution in [3.8, 4) is 0 Å². The average Bonchev–Trinajstić information content (AvgIpc) is 2.91. The molecule has 1 fully saturated rings. The van der Waals surface area contributed by atoms with Gasteiger partial charge in [0.05, 0.1) is 12.7 Å². The molecule has 0 spiro atoms. The van der Waals surface area contributed by atoms with Gasteiger partial charge in [0.25, 0.3) is 5.91 Å². The van der Waals surface area contributed by atoms with Gasteiger partial charge >= 0.3 is 5.97 Å². The Labute approximate surface area is 127 Å².